The zero-order chi connectivity index (χ0) is 8.55. The molecule has 0 radical (unpaired) electrons. The molecule has 1 aliphatic rings. The molecular weight excluding hydrogens is 152 g/mol. The van der Waals surface area contributed by atoms with Gasteiger partial charge in [-0.15, -0.1) is 0 Å². The van der Waals surface area contributed by atoms with E-state index in [1.807, 2.05) is 18.2 Å². The van der Waals surface area contributed by atoms with Crippen LogP contribution in [-0.2, 0) is 4.79 Å². The van der Waals surface area contributed by atoms with Gasteiger partial charge >= 0.3 is 5.97 Å². The van der Waals surface area contributed by atoms with Crippen LogP contribution in [0.1, 0.15) is 5.56 Å². The number of esters is 1. The summed E-state index contributed by atoms with van der Waals surface area (Å²) < 4.78 is 4.95. The topological polar surface area (TPSA) is 26.3 Å². The molecule has 0 N–H and O–H groups in total. The minimum Gasteiger partial charge on any atom is -0.399 e. The third-order valence-corrected chi connectivity index (χ3v) is 1.74. The van der Waals surface area contributed by atoms with Gasteiger partial charge in [0, 0.05) is 12.6 Å². The molecule has 1 aromatic rings. The Balaban J connectivity index is 2.54. The lowest BCUT2D eigenvalue weighted by Crippen LogP contribution is -2.15. The minimum atomic E-state index is -0.348. The molecule has 2 heteroatoms. The largest absolute Gasteiger partial charge is 0.399 e. The summed E-state index contributed by atoms with van der Waals surface area (Å²) in [6.07, 6.45) is 1.39. The van der Waals surface area contributed by atoms with Gasteiger partial charge in [0.25, 0.3) is 0 Å². The zero-order valence-electron chi connectivity index (χ0n) is 6.41. The Kier molecular flexibility index (Phi) is 1.40. The highest BCUT2D eigenvalue weighted by Gasteiger charge is 2.27. The second-order valence-corrected chi connectivity index (χ2v) is 2.59. The average molecular weight is 159 g/mol. The van der Waals surface area contributed by atoms with Gasteiger partial charge in [0.2, 0.25) is 0 Å². The van der Waals surface area contributed by atoms with Crippen LogP contribution in [0.15, 0.2) is 30.8 Å². The molecule has 0 saturated heterocycles. The van der Waals surface area contributed by atoms with Gasteiger partial charge in [-0.3, -0.25) is 0 Å². The summed E-state index contributed by atoms with van der Waals surface area (Å²) in [5.41, 5.74) is 1.60. The monoisotopic (exact) mass is 159 g/mol. The van der Waals surface area contributed by atoms with E-state index in [0.29, 0.717) is 11.3 Å². The number of ether oxygens (including phenoxy) is 1. The highest BCUT2D eigenvalue weighted by atomic mass is 16.5. The van der Waals surface area contributed by atoms with Gasteiger partial charge in [-0.25, -0.2) is 4.79 Å². The van der Waals surface area contributed by atoms with Crippen molar-refractivity contribution in [3.8, 4) is 5.75 Å². The van der Waals surface area contributed by atoms with E-state index < -0.39 is 0 Å². The Labute approximate surface area is 70.5 Å². The number of carbonyl (C=O) groups excluding carboxylic acids is 1. The van der Waals surface area contributed by atoms with Crippen LogP contribution in [0, 0.1) is 6.42 Å². The number of hydrogen-bond donors (Lipinski definition) is 0. The van der Waals surface area contributed by atoms with E-state index in [0.717, 1.165) is 5.56 Å². The molecule has 12 heavy (non-hydrogen) atoms. The van der Waals surface area contributed by atoms with Crippen LogP contribution in [0.3, 0.4) is 0 Å². The normalized spacial score (nSPS) is 14.7. The van der Waals surface area contributed by atoms with E-state index in [1.165, 1.54) is 6.42 Å². The maximum absolute atomic E-state index is 10.9. The van der Waals surface area contributed by atoms with Crippen LogP contribution in [-0.4, -0.2) is 5.97 Å². The van der Waals surface area contributed by atoms with Crippen molar-refractivity contribution in [1.29, 1.82) is 0 Å². The summed E-state index contributed by atoms with van der Waals surface area (Å²) in [7, 11) is 0. The lowest BCUT2D eigenvalue weighted by atomic mass is 10.0. The minimum absolute atomic E-state index is 0.348. The quantitative estimate of drug-likeness (QED) is 0.328. The van der Waals surface area contributed by atoms with Crippen molar-refractivity contribution in [1.82, 2.24) is 0 Å². The second kappa shape index (κ2) is 2.41. The number of para-hydroxylation sites is 1. The zero-order valence-corrected chi connectivity index (χ0v) is 6.41. The number of benzene rings is 1. The van der Waals surface area contributed by atoms with E-state index in [4.69, 9.17) is 4.74 Å². The molecule has 2 rings (SSSR count). The molecule has 0 unspecified atom stereocenters. The van der Waals surface area contributed by atoms with E-state index in [1.54, 1.807) is 6.07 Å². The van der Waals surface area contributed by atoms with Crippen molar-refractivity contribution in [2.45, 2.75) is 0 Å². The fourth-order valence-corrected chi connectivity index (χ4v) is 1.18. The molecule has 0 atom stereocenters. The molecule has 0 aliphatic carbocycles. The molecule has 58 valence electrons. The molecule has 1 aliphatic heterocycles. The van der Waals surface area contributed by atoms with Crippen molar-refractivity contribution in [2.24, 2.45) is 0 Å². The van der Waals surface area contributed by atoms with Gasteiger partial charge in [-0.1, -0.05) is 6.07 Å². The summed E-state index contributed by atoms with van der Waals surface area (Å²) in [6, 6.07) is 7.34. The van der Waals surface area contributed by atoms with Crippen molar-refractivity contribution in [3.05, 3.63) is 42.8 Å². The van der Waals surface area contributed by atoms with Crippen LogP contribution in [0.2, 0.25) is 0 Å². The van der Waals surface area contributed by atoms with Crippen LogP contribution < -0.4 is 4.74 Å². The third kappa shape index (κ3) is 0.975. The molecule has 0 bridgehead atoms. The molecule has 0 saturated carbocycles. The molecule has 1 aromatic carbocycles. The maximum Gasteiger partial charge on any atom is 0.395 e. The molecule has 0 fully saturated rings. The van der Waals surface area contributed by atoms with E-state index in [9.17, 15) is 4.79 Å². The maximum atomic E-state index is 10.9. The molecule has 0 aromatic heterocycles. The van der Waals surface area contributed by atoms with Crippen LogP contribution >= 0.6 is 0 Å². The van der Waals surface area contributed by atoms with Gasteiger partial charge in [0.05, 0.1) is 0 Å². The summed E-state index contributed by atoms with van der Waals surface area (Å²) in [5, 5.41) is 0. The fraction of sp³-hybridized carbons (Fsp3) is 0. The molecule has 1 heterocycles. The number of rotatable bonds is 0. The first-order valence-corrected chi connectivity index (χ1v) is 3.62. The van der Waals surface area contributed by atoms with Crippen molar-refractivity contribution >= 4 is 11.5 Å². The molecule has 0 amide bonds. The highest BCUT2D eigenvalue weighted by molar-refractivity contribution is 6.00. The fourth-order valence-electron chi connectivity index (χ4n) is 1.18. The summed E-state index contributed by atoms with van der Waals surface area (Å²) >= 11 is 0. The number of fused-ring (bicyclic) bond motifs is 1. The predicted molar refractivity (Wildman–Crippen MR) is 45.4 cm³/mol. The molecule has 2 nitrogen and oxygen atoms in total. The summed E-state index contributed by atoms with van der Waals surface area (Å²) in [6.45, 7) is 3.75. The Morgan fingerprint density at radius 3 is 2.92 bits per heavy atom. The first kappa shape index (κ1) is 6.98. The van der Waals surface area contributed by atoms with Gasteiger partial charge in [0.15, 0.2) is 5.75 Å². The van der Waals surface area contributed by atoms with E-state index in [-0.39, 0.29) is 5.97 Å². The first-order chi connectivity index (χ1) is 5.77. The van der Waals surface area contributed by atoms with Crippen molar-refractivity contribution < 1.29 is 9.53 Å². The molecular formula is C10H7O2+. The SMILES string of the molecule is C=C1[CH+]C(=O)Oc2ccccc21. The average Bonchev–Trinajstić information content (AvgIpc) is 2.04. The van der Waals surface area contributed by atoms with E-state index >= 15 is 0 Å². The Bertz CT molecular complexity index is 353. The molecule has 0 spiro atoms. The smallest absolute Gasteiger partial charge is 0.395 e. The second-order valence-electron chi connectivity index (χ2n) is 2.59. The highest BCUT2D eigenvalue weighted by Crippen LogP contribution is 2.30. The summed E-state index contributed by atoms with van der Waals surface area (Å²) in [4.78, 5) is 10.9. The van der Waals surface area contributed by atoms with Gasteiger partial charge in [-0.05, 0) is 12.1 Å². The van der Waals surface area contributed by atoms with Crippen LogP contribution in [0.4, 0.5) is 0 Å². The van der Waals surface area contributed by atoms with Crippen molar-refractivity contribution in [2.75, 3.05) is 0 Å². The predicted octanol–water partition coefficient (Wildman–Crippen LogP) is 1.82. The number of carbonyl (C=O) groups is 1. The lowest BCUT2D eigenvalue weighted by Gasteiger charge is -2.09. The standard InChI is InChI=1S/C10H7O2/c1-7-6-10(11)12-9-5-3-2-4-8(7)9/h2-6H,1H2/q+1. The van der Waals surface area contributed by atoms with Gasteiger partial charge in [-0.2, -0.15) is 0 Å². The Morgan fingerprint density at radius 2 is 2.08 bits per heavy atom. The number of hydrogen-bond acceptors (Lipinski definition) is 2. The van der Waals surface area contributed by atoms with Gasteiger partial charge in [0.1, 0.15) is 17.6 Å². The first-order valence-electron chi connectivity index (χ1n) is 3.62. The lowest BCUT2D eigenvalue weighted by molar-refractivity contribution is -0.130. The van der Waals surface area contributed by atoms with Crippen LogP contribution in [0.5, 0.6) is 5.75 Å². The third-order valence-electron chi connectivity index (χ3n) is 1.74. The Hall–Kier alpha value is -1.70. The van der Waals surface area contributed by atoms with Crippen molar-refractivity contribution in [3.63, 3.8) is 0 Å². The van der Waals surface area contributed by atoms with E-state index in [2.05, 4.69) is 6.58 Å². The van der Waals surface area contributed by atoms with Crippen LogP contribution in [0.25, 0.3) is 5.57 Å². The summed E-state index contributed by atoms with van der Waals surface area (Å²) in [5.74, 6) is 0.244. The Morgan fingerprint density at radius 1 is 1.33 bits per heavy atom. The van der Waals surface area contributed by atoms with Gasteiger partial charge < -0.3 is 4.74 Å².